The predicted octanol–water partition coefficient (Wildman–Crippen LogP) is 3.75. The quantitative estimate of drug-likeness (QED) is 0.740. The number of ketones is 1. The molecule has 0 spiro atoms. The van der Waals surface area contributed by atoms with E-state index in [0.717, 1.165) is 19.3 Å². The minimum atomic E-state index is -1.58. The fraction of sp³-hybridized carbons (Fsp3) is 0.562. The fourth-order valence-corrected chi connectivity index (χ4v) is 7.83. The van der Waals surface area contributed by atoms with Gasteiger partial charge in [-0.05, 0) is 17.4 Å². The summed E-state index contributed by atoms with van der Waals surface area (Å²) < 4.78 is 0. The van der Waals surface area contributed by atoms with Gasteiger partial charge in [-0.15, -0.1) is 0 Å². The molecule has 0 bridgehead atoms. The van der Waals surface area contributed by atoms with Crippen LogP contribution in [0.15, 0.2) is 30.3 Å². The first-order valence-electron chi connectivity index (χ1n) is 6.91. The number of rotatable bonds is 2. The van der Waals surface area contributed by atoms with E-state index in [1.165, 1.54) is 5.19 Å². The summed E-state index contributed by atoms with van der Waals surface area (Å²) in [5, 5.41) is 1.48. The van der Waals surface area contributed by atoms with E-state index in [0.29, 0.717) is 16.7 Å². The van der Waals surface area contributed by atoms with E-state index in [4.69, 9.17) is 0 Å². The Kier molecular flexibility index (Phi) is 3.50. The molecular weight excluding hydrogens is 236 g/mol. The second-order valence-corrected chi connectivity index (χ2v) is 11.6. The van der Waals surface area contributed by atoms with Gasteiger partial charge in [0.05, 0.1) is 8.07 Å². The van der Waals surface area contributed by atoms with Crippen molar-refractivity contribution < 1.29 is 4.79 Å². The highest BCUT2D eigenvalue weighted by Crippen LogP contribution is 2.48. The van der Waals surface area contributed by atoms with Crippen molar-refractivity contribution in [2.75, 3.05) is 0 Å². The molecule has 0 aromatic heterocycles. The summed E-state index contributed by atoms with van der Waals surface area (Å²) in [6.45, 7) is 9.55. The molecule has 0 heterocycles. The van der Waals surface area contributed by atoms with Crippen molar-refractivity contribution >= 4 is 19.0 Å². The van der Waals surface area contributed by atoms with Crippen LogP contribution >= 0.6 is 0 Å². The first-order chi connectivity index (χ1) is 8.34. The van der Waals surface area contributed by atoms with Crippen LogP contribution in [-0.4, -0.2) is 13.9 Å². The van der Waals surface area contributed by atoms with Gasteiger partial charge < -0.3 is 0 Å². The van der Waals surface area contributed by atoms with Gasteiger partial charge in [0.2, 0.25) is 0 Å². The average Bonchev–Trinajstić information content (AvgIpc) is 2.33. The van der Waals surface area contributed by atoms with Crippen molar-refractivity contribution in [1.82, 2.24) is 0 Å². The maximum Gasteiger partial charge on any atom is 0.132 e. The standard InChI is InChI=1S/C16H24OSi/c1-16(2)11-10-13(17)12-15(16)18(3,4)14-8-6-5-7-9-14/h5-9,15H,10-12H2,1-4H3/t15-/m1/s1. The van der Waals surface area contributed by atoms with Gasteiger partial charge in [-0.2, -0.15) is 0 Å². The first kappa shape index (κ1) is 13.5. The third-order valence-corrected chi connectivity index (χ3v) is 9.36. The molecule has 0 unspecified atom stereocenters. The van der Waals surface area contributed by atoms with Crippen molar-refractivity contribution in [3.63, 3.8) is 0 Å². The van der Waals surface area contributed by atoms with Crippen molar-refractivity contribution in [2.24, 2.45) is 5.41 Å². The zero-order chi connectivity index (χ0) is 13.4. The van der Waals surface area contributed by atoms with Crippen LogP contribution in [0, 0.1) is 5.41 Å². The highest BCUT2D eigenvalue weighted by molar-refractivity contribution is 6.91. The van der Waals surface area contributed by atoms with Crippen LogP contribution in [0.5, 0.6) is 0 Å². The van der Waals surface area contributed by atoms with Gasteiger partial charge in [-0.1, -0.05) is 62.5 Å². The zero-order valence-electron chi connectivity index (χ0n) is 12.0. The number of carbonyl (C=O) groups excluding carboxylic acids is 1. The molecule has 2 heteroatoms. The molecule has 0 radical (unpaired) electrons. The van der Waals surface area contributed by atoms with Crippen LogP contribution in [0.3, 0.4) is 0 Å². The SMILES string of the molecule is CC1(C)CCC(=O)C[C@H]1[Si](C)(C)c1ccccc1. The molecule has 1 aromatic rings. The third kappa shape index (κ3) is 2.44. The molecular formula is C16H24OSi. The van der Waals surface area contributed by atoms with E-state index >= 15 is 0 Å². The number of carbonyl (C=O) groups is 1. The minimum Gasteiger partial charge on any atom is -0.300 e. The molecule has 1 atom stereocenters. The Balaban J connectivity index is 2.36. The van der Waals surface area contributed by atoms with E-state index in [-0.39, 0.29) is 0 Å². The first-order valence-corrected chi connectivity index (χ1v) is 9.99. The molecule has 1 saturated carbocycles. The van der Waals surface area contributed by atoms with Crippen LogP contribution in [0.1, 0.15) is 33.1 Å². The summed E-state index contributed by atoms with van der Waals surface area (Å²) in [7, 11) is -1.58. The lowest BCUT2D eigenvalue weighted by molar-refractivity contribution is -0.122. The molecule has 18 heavy (non-hydrogen) atoms. The Morgan fingerprint density at radius 2 is 1.78 bits per heavy atom. The molecule has 0 N–H and O–H groups in total. The highest BCUT2D eigenvalue weighted by Gasteiger charge is 2.46. The van der Waals surface area contributed by atoms with Crippen LogP contribution in [-0.2, 0) is 4.79 Å². The lowest BCUT2D eigenvalue weighted by Crippen LogP contribution is -2.52. The van der Waals surface area contributed by atoms with Crippen molar-refractivity contribution in [3.8, 4) is 0 Å². The van der Waals surface area contributed by atoms with E-state index in [1.54, 1.807) is 0 Å². The van der Waals surface area contributed by atoms with Gasteiger partial charge in [-0.25, -0.2) is 0 Å². The molecule has 1 aliphatic rings. The predicted molar refractivity (Wildman–Crippen MR) is 79.9 cm³/mol. The molecule has 1 nitrogen and oxygen atoms in total. The Bertz CT molecular complexity index is 434. The summed E-state index contributed by atoms with van der Waals surface area (Å²) in [6, 6.07) is 10.8. The van der Waals surface area contributed by atoms with E-state index < -0.39 is 8.07 Å². The maximum absolute atomic E-state index is 11.9. The monoisotopic (exact) mass is 260 g/mol. The summed E-state index contributed by atoms with van der Waals surface area (Å²) >= 11 is 0. The lowest BCUT2D eigenvalue weighted by atomic mass is 9.76. The Morgan fingerprint density at radius 3 is 2.39 bits per heavy atom. The van der Waals surface area contributed by atoms with Gasteiger partial charge >= 0.3 is 0 Å². The number of Topliss-reactive ketones (excluding diaryl/α,β-unsaturated/α-hetero) is 1. The molecule has 1 aliphatic carbocycles. The van der Waals surface area contributed by atoms with Crippen molar-refractivity contribution in [1.29, 1.82) is 0 Å². The van der Waals surface area contributed by atoms with Gasteiger partial charge in [0.25, 0.3) is 0 Å². The molecule has 0 aliphatic heterocycles. The van der Waals surface area contributed by atoms with Gasteiger partial charge in [0.15, 0.2) is 0 Å². The van der Waals surface area contributed by atoms with Gasteiger partial charge in [0, 0.05) is 12.8 Å². The van der Waals surface area contributed by atoms with E-state index in [1.807, 2.05) is 0 Å². The zero-order valence-corrected chi connectivity index (χ0v) is 13.0. The lowest BCUT2D eigenvalue weighted by Gasteiger charge is -2.46. The Labute approximate surface area is 112 Å². The largest absolute Gasteiger partial charge is 0.300 e. The number of hydrogen-bond acceptors (Lipinski definition) is 1. The maximum atomic E-state index is 11.9. The minimum absolute atomic E-state index is 0.305. The van der Waals surface area contributed by atoms with Crippen LogP contribution < -0.4 is 5.19 Å². The molecule has 1 aromatic carbocycles. The molecule has 2 rings (SSSR count). The normalized spacial score (nSPS) is 24.0. The van der Waals surface area contributed by atoms with Crippen molar-refractivity contribution in [2.45, 2.75) is 51.7 Å². The third-order valence-electron chi connectivity index (χ3n) is 4.81. The molecule has 1 fully saturated rings. The van der Waals surface area contributed by atoms with E-state index in [2.05, 4.69) is 57.3 Å². The fourth-order valence-electron chi connectivity index (χ4n) is 3.54. The Hall–Kier alpha value is -0.893. The summed E-state index contributed by atoms with van der Waals surface area (Å²) in [6.07, 6.45) is 2.63. The van der Waals surface area contributed by atoms with E-state index in [9.17, 15) is 4.79 Å². The van der Waals surface area contributed by atoms with Crippen LogP contribution in [0.4, 0.5) is 0 Å². The van der Waals surface area contributed by atoms with Crippen LogP contribution in [0.2, 0.25) is 18.6 Å². The summed E-state index contributed by atoms with van der Waals surface area (Å²) in [5.74, 6) is 0.468. The molecule has 98 valence electrons. The number of hydrogen-bond donors (Lipinski definition) is 0. The van der Waals surface area contributed by atoms with Crippen LogP contribution in [0.25, 0.3) is 0 Å². The summed E-state index contributed by atoms with van der Waals surface area (Å²) in [5.41, 5.74) is 0.869. The van der Waals surface area contributed by atoms with Gasteiger partial charge in [-0.3, -0.25) is 4.79 Å². The number of benzene rings is 1. The topological polar surface area (TPSA) is 17.1 Å². The smallest absolute Gasteiger partial charge is 0.132 e. The highest BCUT2D eigenvalue weighted by atomic mass is 28.3. The second kappa shape index (κ2) is 4.65. The van der Waals surface area contributed by atoms with Gasteiger partial charge in [0.1, 0.15) is 5.78 Å². The second-order valence-electron chi connectivity index (χ2n) is 6.87. The molecule has 0 amide bonds. The molecule has 0 saturated heterocycles. The average molecular weight is 260 g/mol. The van der Waals surface area contributed by atoms with Crippen molar-refractivity contribution in [3.05, 3.63) is 30.3 Å². The summed E-state index contributed by atoms with van der Waals surface area (Å²) in [4.78, 5) is 11.9. The Morgan fingerprint density at radius 1 is 1.17 bits per heavy atom.